The van der Waals surface area contributed by atoms with Gasteiger partial charge in [-0.25, -0.2) is 4.79 Å². The fraction of sp³-hybridized carbons (Fsp3) is 0.391. The van der Waals surface area contributed by atoms with Gasteiger partial charge in [0, 0.05) is 19.0 Å². The predicted octanol–water partition coefficient (Wildman–Crippen LogP) is 4.09. The van der Waals surface area contributed by atoms with E-state index in [0.717, 1.165) is 37.6 Å². The second kappa shape index (κ2) is 9.90. The molecule has 0 saturated carbocycles. The smallest absolute Gasteiger partial charge is 0.302 e. The fourth-order valence-electron chi connectivity index (χ4n) is 4.12. The summed E-state index contributed by atoms with van der Waals surface area (Å²) in [4.78, 5) is 15.7. The van der Waals surface area contributed by atoms with E-state index in [-0.39, 0.29) is 24.0 Å². The largest absolute Gasteiger partial charge is 0.350 e. The number of aromatic nitrogens is 3. The SMILES string of the molecule is CCC(c1ccccc1)c1nn(-c2ccccc2)c(=O)n1CCN1CCCC1.Cl. The summed E-state index contributed by atoms with van der Waals surface area (Å²) in [7, 11) is 0. The van der Waals surface area contributed by atoms with E-state index in [0.29, 0.717) is 6.54 Å². The van der Waals surface area contributed by atoms with Crippen LogP contribution in [0, 0.1) is 0 Å². The molecule has 154 valence electrons. The number of para-hydroxylation sites is 1. The van der Waals surface area contributed by atoms with E-state index in [9.17, 15) is 4.79 Å². The van der Waals surface area contributed by atoms with Crippen LogP contribution in [0.3, 0.4) is 0 Å². The molecule has 0 aliphatic carbocycles. The van der Waals surface area contributed by atoms with Crippen LogP contribution in [0.2, 0.25) is 0 Å². The normalized spacial score (nSPS) is 15.2. The monoisotopic (exact) mass is 412 g/mol. The van der Waals surface area contributed by atoms with Gasteiger partial charge in [0.2, 0.25) is 0 Å². The van der Waals surface area contributed by atoms with Gasteiger partial charge in [-0.05, 0) is 50.0 Å². The van der Waals surface area contributed by atoms with Gasteiger partial charge in [0.25, 0.3) is 0 Å². The van der Waals surface area contributed by atoms with Crippen molar-refractivity contribution in [2.24, 2.45) is 0 Å². The Labute approximate surface area is 178 Å². The molecule has 0 amide bonds. The summed E-state index contributed by atoms with van der Waals surface area (Å²) in [6.07, 6.45) is 3.41. The summed E-state index contributed by atoms with van der Waals surface area (Å²) in [6, 6.07) is 20.1. The highest BCUT2D eigenvalue weighted by molar-refractivity contribution is 5.85. The average molecular weight is 413 g/mol. The molecule has 0 N–H and O–H groups in total. The van der Waals surface area contributed by atoms with E-state index in [1.54, 1.807) is 4.68 Å². The molecule has 6 heteroatoms. The maximum absolute atomic E-state index is 13.3. The van der Waals surface area contributed by atoms with Crippen LogP contribution >= 0.6 is 12.4 Å². The van der Waals surface area contributed by atoms with Crippen LogP contribution in [0.4, 0.5) is 0 Å². The van der Waals surface area contributed by atoms with Crippen molar-refractivity contribution in [3.63, 3.8) is 0 Å². The van der Waals surface area contributed by atoms with Crippen molar-refractivity contribution >= 4 is 12.4 Å². The minimum atomic E-state index is -0.0465. The molecule has 0 spiro atoms. The van der Waals surface area contributed by atoms with Crippen LogP contribution in [-0.4, -0.2) is 38.9 Å². The lowest BCUT2D eigenvalue weighted by molar-refractivity contribution is 0.317. The Bertz CT molecular complexity index is 946. The maximum Gasteiger partial charge on any atom is 0.350 e. The summed E-state index contributed by atoms with van der Waals surface area (Å²) in [5, 5.41) is 4.82. The first-order valence-corrected chi connectivity index (χ1v) is 10.3. The quantitative estimate of drug-likeness (QED) is 0.587. The van der Waals surface area contributed by atoms with Gasteiger partial charge in [0.05, 0.1) is 5.69 Å². The third-order valence-corrected chi connectivity index (χ3v) is 5.65. The highest BCUT2D eigenvalue weighted by atomic mass is 35.5. The van der Waals surface area contributed by atoms with Gasteiger partial charge in [-0.15, -0.1) is 17.5 Å². The standard InChI is InChI=1S/C23H28N4O.ClH/c1-2-21(19-11-5-3-6-12-19)22-24-27(20-13-7-4-8-14-20)23(28)26(22)18-17-25-15-9-10-16-25;/h3-8,11-14,21H,2,9-10,15-18H2,1H3;1H. The second-order valence-electron chi connectivity index (χ2n) is 7.46. The number of nitrogens with zero attached hydrogens (tertiary/aromatic N) is 4. The molecule has 1 aliphatic heterocycles. The molecule has 4 rings (SSSR count). The molecule has 2 heterocycles. The molecule has 2 aromatic carbocycles. The third kappa shape index (κ3) is 4.62. The number of benzene rings is 2. The number of hydrogen-bond donors (Lipinski definition) is 0. The van der Waals surface area contributed by atoms with Crippen molar-refractivity contribution in [2.45, 2.75) is 38.6 Å². The first kappa shape index (κ1) is 21.3. The summed E-state index contributed by atoms with van der Waals surface area (Å²) in [5.74, 6) is 0.971. The molecule has 1 aliphatic rings. The van der Waals surface area contributed by atoms with Crippen molar-refractivity contribution in [1.82, 2.24) is 19.2 Å². The number of rotatable bonds is 7. The first-order valence-electron chi connectivity index (χ1n) is 10.3. The number of likely N-dealkylation sites (tertiary alicyclic amines) is 1. The van der Waals surface area contributed by atoms with Crippen molar-refractivity contribution in [1.29, 1.82) is 0 Å². The molecule has 1 saturated heterocycles. The molecule has 5 nitrogen and oxygen atoms in total. The van der Waals surface area contributed by atoms with E-state index in [4.69, 9.17) is 5.10 Å². The molecule has 1 aromatic heterocycles. The Balaban J connectivity index is 0.00000240. The summed E-state index contributed by atoms with van der Waals surface area (Å²) < 4.78 is 3.46. The van der Waals surface area contributed by atoms with E-state index in [2.05, 4.69) is 36.1 Å². The van der Waals surface area contributed by atoms with Crippen molar-refractivity contribution in [2.75, 3.05) is 19.6 Å². The average Bonchev–Trinajstić information content (AvgIpc) is 3.37. The summed E-state index contributed by atoms with van der Waals surface area (Å²) >= 11 is 0. The fourth-order valence-corrected chi connectivity index (χ4v) is 4.12. The number of hydrogen-bond acceptors (Lipinski definition) is 3. The lowest BCUT2D eigenvalue weighted by Gasteiger charge is -2.18. The van der Waals surface area contributed by atoms with Crippen LogP contribution in [0.1, 0.15) is 43.5 Å². The summed E-state index contributed by atoms with van der Waals surface area (Å²) in [6.45, 7) is 6.01. The molecular formula is C23H29ClN4O. The zero-order valence-electron chi connectivity index (χ0n) is 16.9. The molecule has 0 radical (unpaired) electrons. The van der Waals surface area contributed by atoms with Crippen LogP contribution < -0.4 is 5.69 Å². The molecule has 0 bridgehead atoms. The highest BCUT2D eigenvalue weighted by Crippen LogP contribution is 2.26. The molecule has 1 unspecified atom stereocenters. The topological polar surface area (TPSA) is 43.1 Å². The molecular weight excluding hydrogens is 384 g/mol. The van der Waals surface area contributed by atoms with Gasteiger partial charge in [0.1, 0.15) is 5.82 Å². The Morgan fingerprint density at radius 2 is 1.55 bits per heavy atom. The maximum atomic E-state index is 13.3. The van der Waals surface area contributed by atoms with E-state index >= 15 is 0 Å². The zero-order valence-corrected chi connectivity index (χ0v) is 17.7. The van der Waals surface area contributed by atoms with Gasteiger partial charge in [-0.3, -0.25) is 4.57 Å². The minimum absolute atomic E-state index is 0. The van der Waals surface area contributed by atoms with E-state index < -0.39 is 0 Å². The van der Waals surface area contributed by atoms with Crippen LogP contribution in [0.15, 0.2) is 65.5 Å². The molecule has 1 fully saturated rings. The molecule has 3 aromatic rings. The second-order valence-corrected chi connectivity index (χ2v) is 7.46. The highest BCUT2D eigenvalue weighted by Gasteiger charge is 2.23. The van der Waals surface area contributed by atoms with Crippen molar-refractivity contribution in [3.8, 4) is 5.69 Å². The van der Waals surface area contributed by atoms with Crippen LogP contribution in [0.25, 0.3) is 5.69 Å². The van der Waals surface area contributed by atoms with Crippen LogP contribution in [0.5, 0.6) is 0 Å². The van der Waals surface area contributed by atoms with E-state index in [1.807, 2.05) is 41.0 Å². The lowest BCUT2D eigenvalue weighted by Crippen LogP contribution is -2.31. The van der Waals surface area contributed by atoms with Gasteiger partial charge >= 0.3 is 5.69 Å². The van der Waals surface area contributed by atoms with Gasteiger partial charge in [-0.1, -0.05) is 55.5 Å². The third-order valence-electron chi connectivity index (χ3n) is 5.65. The van der Waals surface area contributed by atoms with E-state index in [1.165, 1.54) is 18.4 Å². The number of halogens is 1. The predicted molar refractivity (Wildman–Crippen MR) is 119 cm³/mol. The molecule has 29 heavy (non-hydrogen) atoms. The van der Waals surface area contributed by atoms with Gasteiger partial charge in [0.15, 0.2) is 0 Å². The Kier molecular flexibility index (Phi) is 7.29. The summed E-state index contributed by atoms with van der Waals surface area (Å²) in [5.41, 5.74) is 1.98. The first-order chi connectivity index (χ1) is 13.8. The zero-order chi connectivity index (χ0) is 19.3. The minimum Gasteiger partial charge on any atom is -0.302 e. The Morgan fingerprint density at radius 3 is 2.17 bits per heavy atom. The Hall–Kier alpha value is -2.37. The molecule has 1 atom stereocenters. The van der Waals surface area contributed by atoms with Crippen LogP contribution in [-0.2, 0) is 6.54 Å². The van der Waals surface area contributed by atoms with Gasteiger partial charge in [-0.2, -0.15) is 4.68 Å². The Morgan fingerprint density at radius 1 is 0.931 bits per heavy atom. The van der Waals surface area contributed by atoms with Crippen molar-refractivity contribution in [3.05, 3.63) is 82.5 Å². The van der Waals surface area contributed by atoms with Gasteiger partial charge < -0.3 is 4.90 Å². The lowest BCUT2D eigenvalue weighted by atomic mass is 9.95. The van der Waals surface area contributed by atoms with Crippen molar-refractivity contribution < 1.29 is 0 Å².